The van der Waals surface area contributed by atoms with Crippen LogP contribution in [0.1, 0.15) is 35.2 Å². The number of hydrogen-bond acceptors (Lipinski definition) is 7. The molecule has 1 saturated heterocycles. The highest BCUT2D eigenvalue weighted by molar-refractivity contribution is 6.12. The summed E-state index contributed by atoms with van der Waals surface area (Å²) in [6.45, 7) is 3.97. The lowest BCUT2D eigenvalue weighted by Gasteiger charge is -2.14. The second kappa shape index (κ2) is 11.5. The fraction of sp³-hybridized carbons (Fsp3) is 0.310. The molecule has 39 heavy (non-hydrogen) atoms. The van der Waals surface area contributed by atoms with Crippen molar-refractivity contribution in [1.82, 2.24) is 10.2 Å². The van der Waals surface area contributed by atoms with Crippen molar-refractivity contribution in [3.05, 3.63) is 75.8 Å². The molecule has 0 radical (unpaired) electrons. The van der Waals surface area contributed by atoms with Gasteiger partial charge in [0.25, 0.3) is 5.91 Å². The van der Waals surface area contributed by atoms with Crippen LogP contribution in [0.3, 0.4) is 0 Å². The highest BCUT2D eigenvalue weighted by Gasteiger charge is 2.21. The Morgan fingerprint density at radius 3 is 2.54 bits per heavy atom. The van der Waals surface area contributed by atoms with Gasteiger partial charge in [-0.15, -0.1) is 0 Å². The molecule has 2 aliphatic heterocycles. The molecule has 0 saturated carbocycles. The van der Waals surface area contributed by atoms with E-state index in [1.165, 1.54) is 26.0 Å². The fourth-order valence-corrected chi connectivity index (χ4v) is 5.07. The molecule has 0 bridgehead atoms. The van der Waals surface area contributed by atoms with Gasteiger partial charge in [-0.05, 0) is 92.0 Å². The summed E-state index contributed by atoms with van der Waals surface area (Å²) in [6, 6.07) is 15.5. The number of methoxy groups -OCH3 is 1. The number of ether oxygens (including phenoxy) is 1. The number of likely N-dealkylation sites (tertiary alicyclic amines) is 1. The monoisotopic (exact) mass is 529 g/mol. The Balaban J connectivity index is 1.28. The second-order valence-electron chi connectivity index (χ2n) is 9.79. The van der Waals surface area contributed by atoms with Crippen molar-refractivity contribution < 1.29 is 19.2 Å². The third kappa shape index (κ3) is 6.01. The van der Waals surface area contributed by atoms with Gasteiger partial charge in [-0.3, -0.25) is 19.7 Å². The van der Waals surface area contributed by atoms with E-state index in [0.717, 1.165) is 37.2 Å². The summed E-state index contributed by atoms with van der Waals surface area (Å²) in [4.78, 5) is 38.7. The molecule has 3 aromatic carbocycles. The van der Waals surface area contributed by atoms with E-state index in [-0.39, 0.29) is 29.7 Å². The second-order valence-corrected chi connectivity index (χ2v) is 9.79. The fourth-order valence-electron chi connectivity index (χ4n) is 5.07. The SMILES string of the molecule is COc1cc(-c2ccc3c(c2)Nc2ccc(CC(=O)NCCCN4CCCC4)cc2NC3=O)ccc1[N+](=O)[O-]. The Morgan fingerprint density at radius 1 is 1.00 bits per heavy atom. The first kappa shape index (κ1) is 26.2. The van der Waals surface area contributed by atoms with Gasteiger partial charge in [0.05, 0.1) is 41.1 Å². The van der Waals surface area contributed by atoms with Crippen molar-refractivity contribution >= 4 is 34.6 Å². The van der Waals surface area contributed by atoms with Crippen LogP contribution < -0.4 is 20.7 Å². The number of nitro groups is 1. The third-order valence-electron chi connectivity index (χ3n) is 7.11. The summed E-state index contributed by atoms with van der Waals surface area (Å²) in [7, 11) is 1.39. The number of amides is 2. The maximum absolute atomic E-state index is 13.0. The Bertz CT molecular complexity index is 1420. The molecule has 0 aliphatic carbocycles. The van der Waals surface area contributed by atoms with Gasteiger partial charge in [-0.1, -0.05) is 12.1 Å². The van der Waals surface area contributed by atoms with Crippen LogP contribution in [0, 0.1) is 10.1 Å². The van der Waals surface area contributed by atoms with Crippen molar-refractivity contribution in [2.24, 2.45) is 0 Å². The molecule has 2 aliphatic rings. The van der Waals surface area contributed by atoms with E-state index < -0.39 is 4.92 Å². The average molecular weight is 530 g/mol. The zero-order valence-corrected chi connectivity index (χ0v) is 21.8. The number of nitrogens with one attached hydrogen (secondary N) is 3. The van der Waals surface area contributed by atoms with E-state index in [1.807, 2.05) is 24.3 Å². The topological polar surface area (TPSA) is 126 Å². The van der Waals surface area contributed by atoms with Crippen LogP contribution >= 0.6 is 0 Å². The van der Waals surface area contributed by atoms with Gasteiger partial charge in [0.2, 0.25) is 5.91 Å². The van der Waals surface area contributed by atoms with Gasteiger partial charge >= 0.3 is 5.69 Å². The van der Waals surface area contributed by atoms with E-state index in [0.29, 0.717) is 34.7 Å². The van der Waals surface area contributed by atoms with E-state index in [2.05, 4.69) is 20.9 Å². The van der Waals surface area contributed by atoms with Gasteiger partial charge in [0.15, 0.2) is 5.75 Å². The molecule has 2 amide bonds. The Morgan fingerprint density at radius 2 is 1.77 bits per heavy atom. The predicted molar refractivity (Wildman–Crippen MR) is 150 cm³/mol. The van der Waals surface area contributed by atoms with Gasteiger partial charge in [0, 0.05) is 12.6 Å². The van der Waals surface area contributed by atoms with Crippen LogP contribution in [0.4, 0.5) is 22.7 Å². The van der Waals surface area contributed by atoms with Gasteiger partial charge in [0.1, 0.15) is 0 Å². The number of carbonyl (C=O) groups excluding carboxylic acids is 2. The maximum Gasteiger partial charge on any atom is 0.310 e. The molecule has 5 rings (SSSR count). The van der Waals surface area contributed by atoms with E-state index in [9.17, 15) is 19.7 Å². The van der Waals surface area contributed by atoms with E-state index in [4.69, 9.17) is 4.74 Å². The molecule has 0 aromatic heterocycles. The lowest BCUT2D eigenvalue weighted by Crippen LogP contribution is -2.29. The zero-order valence-electron chi connectivity index (χ0n) is 21.8. The molecule has 3 N–H and O–H groups in total. The summed E-state index contributed by atoms with van der Waals surface area (Å²) < 4.78 is 5.20. The van der Waals surface area contributed by atoms with Crippen molar-refractivity contribution in [3.63, 3.8) is 0 Å². The van der Waals surface area contributed by atoms with Crippen LogP contribution in [0.2, 0.25) is 0 Å². The van der Waals surface area contributed by atoms with E-state index in [1.54, 1.807) is 24.3 Å². The quantitative estimate of drug-likeness (QED) is 0.208. The predicted octanol–water partition coefficient (Wildman–Crippen LogP) is 4.72. The van der Waals surface area contributed by atoms with Crippen LogP contribution in [-0.4, -0.2) is 54.9 Å². The molecule has 1 fully saturated rings. The molecule has 3 aromatic rings. The lowest BCUT2D eigenvalue weighted by molar-refractivity contribution is -0.385. The van der Waals surface area contributed by atoms with Crippen LogP contribution in [0.15, 0.2) is 54.6 Å². The molecule has 0 atom stereocenters. The average Bonchev–Trinajstić information content (AvgIpc) is 3.41. The smallest absolute Gasteiger partial charge is 0.310 e. The molecule has 10 heteroatoms. The lowest BCUT2D eigenvalue weighted by atomic mass is 10.0. The van der Waals surface area contributed by atoms with Gasteiger partial charge in [-0.2, -0.15) is 0 Å². The highest BCUT2D eigenvalue weighted by Crippen LogP contribution is 2.37. The third-order valence-corrected chi connectivity index (χ3v) is 7.11. The van der Waals surface area contributed by atoms with Crippen molar-refractivity contribution in [2.45, 2.75) is 25.7 Å². The number of carbonyl (C=O) groups is 2. The summed E-state index contributed by atoms with van der Waals surface area (Å²) in [5, 5.41) is 20.5. The van der Waals surface area contributed by atoms with Crippen molar-refractivity contribution in [1.29, 1.82) is 0 Å². The number of nitro benzene ring substituents is 1. The number of benzene rings is 3. The number of nitrogens with zero attached hydrogens (tertiary/aromatic N) is 2. The molecule has 0 unspecified atom stereocenters. The zero-order chi connectivity index (χ0) is 27.4. The number of anilines is 3. The van der Waals surface area contributed by atoms with Crippen molar-refractivity contribution in [2.75, 3.05) is 43.9 Å². The maximum atomic E-state index is 13.0. The summed E-state index contributed by atoms with van der Waals surface area (Å²) >= 11 is 0. The van der Waals surface area contributed by atoms with Gasteiger partial charge in [-0.25, -0.2) is 0 Å². The Hall–Kier alpha value is -4.44. The first-order valence-corrected chi connectivity index (χ1v) is 13.1. The summed E-state index contributed by atoms with van der Waals surface area (Å²) in [6.07, 6.45) is 3.68. The Labute approximate surface area is 226 Å². The van der Waals surface area contributed by atoms with Crippen LogP contribution in [0.25, 0.3) is 11.1 Å². The number of fused-ring (bicyclic) bond motifs is 2. The Kier molecular flexibility index (Phi) is 7.74. The number of hydrogen-bond donors (Lipinski definition) is 3. The van der Waals surface area contributed by atoms with Crippen LogP contribution in [0.5, 0.6) is 5.75 Å². The summed E-state index contributed by atoms with van der Waals surface area (Å²) in [5.74, 6) is -0.157. The minimum absolute atomic E-state index is 0.0456. The minimum atomic E-state index is -0.490. The summed E-state index contributed by atoms with van der Waals surface area (Å²) in [5.41, 5.74) is 4.53. The van der Waals surface area contributed by atoms with Gasteiger partial charge < -0.3 is 25.6 Å². The molecule has 10 nitrogen and oxygen atoms in total. The number of rotatable bonds is 9. The highest BCUT2D eigenvalue weighted by atomic mass is 16.6. The first-order valence-electron chi connectivity index (χ1n) is 13.1. The first-order chi connectivity index (χ1) is 18.9. The minimum Gasteiger partial charge on any atom is -0.490 e. The molecular weight excluding hydrogens is 498 g/mol. The molecule has 202 valence electrons. The molecular formula is C29H31N5O5. The molecule has 0 spiro atoms. The standard InChI is InChI=1S/C29H31N5O5/c1-39-27-18-21(7-10-26(27)34(37)38)20-6-8-22-24(17-20)31-23-9-5-19(15-25(23)32-29(22)36)16-28(35)30-11-4-14-33-12-2-3-13-33/h5-10,15,17-18,31H,2-4,11-14,16H2,1H3,(H,30,35)(H,32,36). The largest absolute Gasteiger partial charge is 0.490 e. The molecule has 2 heterocycles. The normalized spacial score (nSPS) is 14.4. The van der Waals surface area contributed by atoms with Crippen molar-refractivity contribution in [3.8, 4) is 16.9 Å². The van der Waals surface area contributed by atoms with E-state index >= 15 is 0 Å². The van der Waals surface area contributed by atoms with Crippen LogP contribution in [-0.2, 0) is 11.2 Å².